The van der Waals surface area contributed by atoms with Gasteiger partial charge in [-0.3, -0.25) is 4.79 Å². The third-order valence-electron chi connectivity index (χ3n) is 9.82. The van der Waals surface area contributed by atoms with Crippen molar-refractivity contribution in [2.24, 2.45) is 0 Å². The van der Waals surface area contributed by atoms with Crippen LogP contribution >= 0.6 is 0 Å². The van der Waals surface area contributed by atoms with Gasteiger partial charge in [-0.05, 0) is 12.8 Å². The minimum absolute atomic E-state index is 0.251. The summed E-state index contributed by atoms with van der Waals surface area (Å²) in [5.41, 5.74) is 0. The number of hydrogen-bond donors (Lipinski definition) is 7. The number of amides is 1. The second kappa shape index (κ2) is 29.8. The molecule has 0 aromatic heterocycles. The van der Waals surface area contributed by atoms with E-state index in [9.17, 15) is 35.4 Å². The van der Waals surface area contributed by atoms with E-state index in [2.05, 4.69) is 19.2 Å². The molecule has 0 aliphatic carbocycles. The minimum Gasteiger partial charge on any atom is -0.394 e. The molecule has 0 aromatic rings. The summed E-state index contributed by atoms with van der Waals surface area (Å²) in [6.07, 6.45) is 18.7. The van der Waals surface area contributed by atoms with Gasteiger partial charge in [-0.25, -0.2) is 0 Å². The van der Waals surface area contributed by atoms with E-state index in [-0.39, 0.29) is 6.61 Å². The number of aliphatic hydroxyl groups excluding tert-OH is 6. The van der Waals surface area contributed by atoms with Gasteiger partial charge in [0.05, 0.1) is 25.4 Å². The van der Waals surface area contributed by atoms with Gasteiger partial charge >= 0.3 is 0 Å². The van der Waals surface area contributed by atoms with Crippen molar-refractivity contribution in [1.82, 2.24) is 5.32 Å². The summed E-state index contributed by atoms with van der Waals surface area (Å²) in [6, 6.07) is -0.885. The zero-order valence-corrected chi connectivity index (χ0v) is 30.6. The first-order chi connectivity index (χ1) is 23.3. The Morgan fingerprint density at radius 2 is 1.04 bits per heavy atom. The van der Waals surface area contributed by atoms with Gasteiger partial charge in [-0.1, -0.05) is 162 Å². The number of carbonyl (C=O) groups is 1. The summed E-state index contributed by atoms with van der Waals surface area (Å²) >= 11 is 0. The Balaban J connectivity index is 2.48. The Bertz CT molecular complexity index is 743. The summed E-state index contributed by atoms with van der Waals surface area (Å²) in [5.74, 6) is -0.585. The Kier molecular flexibility index (Phi) is 28.1. The normalized spacial score (nSPS) is 23.2. The molecule has 1 amide bonds. The van der Waals surface area contributed by atoms with E-state index in [1.54, 1.807) is 0 Å². The SMILES string of the molecule is CCCCCCCCCCCCCCC(O)C(=O)NC(COC1OC(CO)C(O)C(O)C1O)C(O)CCCCCCCCCCCCC. The second-order valence-corrected chi connectivity index (χ2v) is 14.2. The summed E-state index contributed by atoms with van der Waals surface area (Å²) in [7, 11) is 0. The average Bonchev–Trinajstić information content (AvgIpc) is 3.08. The molecule has 10 nitrogen and oxygen atoms in total. The number of rotatable bonds is 32. The Hall–Kier alpha value is -0.850. The molecule has 48 heavy (non-hydrogen) atoms. The predicted octanol–water partition coefficient (Wildman–Crippen LogP) is 5.80. The van der Waals surface area contributed by atoms with Crippen LogP contribution in [-0.2, 0) is 14.3 Å². The first-order valence-corrected chi connectivity index (χ1v) is 19.8. The molecule has 0 aromatic carbocycles. The van der Waals surface area contributed by atoms with Crippen molar-refractivity contribution in [3.8, 4) is 0 Å². The molecular weight excluding hydrogens is 614 g/mol. The van der Waals surface area contributed by atoms with Crippen molar-refractivity contribution >= 4 is 5.91 Å². The summed E-state index contributed by atoms with van der Waals surface area (Å²) < 4.78 is 11.1. The van der Waals surface area contributed by atoms with E-state index in [0.717, 1.165) is 44.9 Å². The van der Waals surface area contributed by atoms with Gasteiger partial charge in [0.25, 0.3) is 0 Å². The first-order valence-electron chi connectivity index (χ1n) is 19.8. The number of nitrogens with one attached hydrogen (secondary N) is 1. The van der Waals surface area contributed by atoms with Gasteiger partial charge in [-0.15, -0.1) is 0 Å². The topological polar surface area (TPSA) is 169 Å². The van der Waals surface area contributed by atoms with Crippen LogP contribution in [0.5, 0.6) is 0 Å². The quantitative estimate of drug-likeness (QED) is 0.0432. The molecule has 286 valence electrons. The molecule has 0 spiro atoms. The van der Waals surface area contributed by atoms with E-state index in [1.165, 1.54) is 103 Å². The average molecular weight is 690 g/mol. The fourth-order valence-electron chi connectivity index (χ4n) is 6.46. The lowest BCUT2D eigenvalue weighted by atomic mass is 9.99. The van der Waals surface area contributed by atoms with Crippen LogP contribution in [0.4, 0.5) is 0 Å². The van der Waals surface area contributed by atoms with Gasteiger partial charge in [0.1, 0.15) is 30.5 Å². The monoisotopic (exact) mass is 690 g/mol. The molecular formula is C38H75NO9. The number of ether oxygens (including phenoxy) is 2. The lowest BCUT2D eigenvalue weighted by Crippen LogP contribution is -2.60. The van der Waals surface area contributed by atoms with Gasteiger partial charge in [0.2, 0.25) is 5.91 Å². The molecule has 0 radical (unpaired) electrons. The smallest absolute Gasteiger partial charge is 0.249 e. The highest BCUT2D eigenvalue weighted by molar-refractivity contribution is 5.80. The molecule has 1 heterocycles. The van der Waals surface area contributed by atoms with Crippen LogP contribution in [0.15, 0.2) is 0 Å². The maximum absolute atomic E-state index is 12.9. The van der Waals surface area contributed by atoms with Crippen LogP contribution in [0.25, 0.3) is 0 Å². The van der Waals surface area contributed by atoms with Gasteiger partial charge in [-0.2, -0.15) is 0 Å². The zero-order valence-electron chi connectivity index (χ0n) is 30.6. The van der Waals surface area contributed by atoms with E-state index < -0.39 is 61.5 Å². The lowest BCUT2D eigenvalue weighted by Gasteiger charge is -2.40. The maximum atomic E-state index is 12.9. The van der Waals surface area contributed by atoms with E-state index in [0.29, 0.717) is 12.8 Å². The number of hydrogen-bond acceptors (Lipinski definition) is 9. The fraction of sp³-hybridized carbons (Fsp3) is 0.974. The van der Waals surface area contributed by atoms with Crippen molar-refractivity contribution in [3.63, 3.8) is 0 Å². The van der Waals surface area contributed by atoms with E-state index in [1.807, 2.05) is 0 Å². The van der Waals surface area contributed by atoms with Crippen LogP contribution in [0.1, 0.15) is 174 Å². The molecule has 1 aliphatic rings. The van der Waals surface area contributed by atoms with Gasteiger partial charge in [0, 0.05) is 0 Å². The van der Waals surface area contributed by atoms with Crippen molar-refractivity contribution < 1.29 is 44.9 Å². The fourth-order valence-corrected chi connectivity index (χ4v) is 6.46. The summed E-state index contributed by atoms with van der Waals surface area (Å²) in [4.78, 5) is 12.9. The third kappa shape index (κ3) is 20.7. The first kappa shape index (κ1) is 45.2. The largest absolute Gasteiger partial charge is 0.394 e. The Morgan fingerprint density at radius 3 is 1.48 bits per heavy atom. The van der Waals surface area contributed by atoms with Crippen LogP contribution in [0.3, 0.4) is 0 Å². The molecule has 0 bridgehead atoms. The maximum Gasteiger partial charge on any atom is 0.249 e. The molecule has 1 rings (SSSR count). The molecule has 0 saturated carbocycles. The van der Waals surface area contributed by atoms with E-state index >= 15 is 0 Å². The van der Waals surface area contributed by atoms with Crippen molar-refractivity contribution in [3.05, 3.63) is 0 Å². The summed E-state index contributed by atoms with van der Waals surface area (Å²) in [5, 5.41) is 64.4. The Morgan fingerprint density at radius 1 is 0.625 bits per heavy atom. The standard InChI is InChI=1S/C38H75NO9/c1-3-5-7-9-11-13-15-17-19-21-23-25-27-32(42)37(46)39-30(29-47-38-36(45)35(44)34(43)33(28-40)48-38)31(41)26-24-22-20-18-16-14-12-10-8-6-4-2/h30-36,38,40-45H,3-29H2,1-2H3,(H,39,46). The zero-order chi connectivity index (χ0) is 35.4. The predicted molar refractivity (Wildman–Crippen MR) is 190 cm³/mol. The van der Waals surface area contributed by atoms with Gasteiger partial charge in [0.15, 0.2) is 6.29 Å². The van der Waals surface area contributed by atoms with Crippen molar-refractivity contribution in [2.45, 2.75) is 223 Å². The van der Waals surface area contributed by atoms with Gasteiger partial charge < -0.3 is 45.4 Å². The van der Waals surface area contributed by atoms with Crippen LogP contribution in [0.2, 0.25) is 0 Å². The van der Waals surface area contributed by atoms with Crippen LogP contribution in [0, 0.1) is 0 Å². The molecule has 7 N–H and O–H groups in total. The summed E-state index contributed by atoms with van der Waals surface area (Å²) in [6.45, 7) is 3.63. The molecule has 1 saturated heterocycles. The highest BCUT2D eigenvalue weighted by Gasteiger charge is 2.44. The van der Waals surface area contributed by atoms with Crippen molar-refractivity contribution in [1.29, 1.82) is 0 Å². The molecule has 8 atom stereocenters. The number of unbranched alkanes of at least 4 members (excludes halogenated alkanes) is 21. The highest BCUT2D eigenvalue weighted by atomic mass is 16.7. The molecule has 8 unspecified atom stereocenters. The molecule has 1 aliphatic heterocycles. The van der Waals surface area contributed by atoms with E-state index in [4.69, 9.17) is 9.47 Å². The lowest BCUT2D eigenvalue weighted by molar-refractivity contribution is -0.302. The van der Waals surface area contributed by atoms with Crippen LogP contribution < -0.4 is 5.32 Å². The minimum atomic E-state index is -1.59. The Labute approximate surface area is 292 Å². The second-order valence-electron chi connectivity index (χ2n) is 14.2. The highest BCUT2D eigenvalue weighted by Crippen LogP contribution is 2.23. The number of aliphatic hydroxyl groups is 6. The number of carbonyl (C=O) groups excluding carboxylic acids is 1. The third-order valence-corrected chi connectivity index (χ3v) is 9.82. The van der Waals surface area contributed by atoms with Crippen LogP contribution in [-0.4, -0.2) is 98.7 Å². The van der Waals surface area contributed by atoms with Crippen molar-refractivity contribution in [2.75, 3.05) is 13.2 Å². The molecule has 1 fully saturated rings. The molecule has 10 heteroatoms.